The number of thiophene rings is 1. The number of halogens is 1. The quantitative estimate of drug-likeness (QED) is 0.867. The van der Waals surface area contributed by atoms with E-state index in [4.69, 9.17) is 11.6 Å². The Morgan fingerprint density at radius 3 is 2.88 bits per heavy atom. The molecule has 3 nitrogen and oxygen atoms in total. The maximum atomic E-state index is 11.9. The van der Waals surface area contributed by atoms with Crippen molar-refractivity contribution in [2.45, 2.75) is 13.0 Å². The van der Waals surface area contributed by atoms with Gasteiger partial charge in [0.05, 0.1) is 11.6 Å². The van der Waals surface area contributed by atoms with Crippen LogP contribution < -0.4 is 5.32 Å². The lowest BCUT2D eigenvalue weighted by Crippen LogP contribution is -2.26. The van der Waals surface area contributed by atoms with Gasteiger partial charge < -0.3 is 5.32 Å². The standard InChI is InChI=1S/C12H11ClN2OS/c1-8(10-4-5-17-7-10)15-12(16)9-2-3-11(13)14-6-9/h2-8H,1H3,(H,15,16). The Kier molecular flexibility index (Phi) is 3.76. The molecule has 2 aromatic rings. The Labute approximate surface area is 108 Å². The van der Waals surface area contributed by atoms with Gasteiger partial charge in [0.1, 0.15) is 5.15 Å². The number of amides is 1. The zero-order chi connectivity index (χ0) is 12.3. The van der Waals surface area contributed by atoms with Crippen molar-refractivity contribution in [3.63, 3.8) is 0 Å². The summed E-state index contributed by atoms with van der Waals surface area (Å²) in [4.78, 5) is 15.7. The van der Waals surface area contributed by atoms with E-state index in [1.165, 1.54) is 6.20 Å². The first kappa shape index (κ1) is 12.1. The first-order valence-electron chi connectivity index (χ1n) is 5.11. The fourth-order valence-electron chi connectivity index (χ4n) is 1.39. The first-order chi connectivity index (χ1) is 8.16. The average molecular weight is 267 g/mol. The third-order valence-corrected chi connectivity index (χ3v) is 3.31. The molecule has 0 aromatic carbocycles. The summed E-state index contributed by atoms with van der Waals surface area (Å²) in [6, 6.07) is 5.25. The van der Waals surface area contributed by atoms with E-state index in [1.807, 2.05) is 23.8 Å². The molecule has 5 heteroatoms. The summed E-state index contributed by atoms with van der Waals surface area (Å²) in [5.74, 6) is -0.145. The van der Waals surface area contributed by atoms with Crippen LogP contribution in [-0.2, 0) is 0 Å². The Morgan fingerprint density at radius 1 is 1.47 bits per heavy atom. The van der Waals surface area contributed by atoms with Crippen LogP contribution in [0.25, 0.3) is 0 Å². The van der Waals surface area contributed by atoms with Crippen LogP contribution in [0.2, 0.25) is 5.15 Å². The molecule has 0 saturated carbocycles. The lowest BCUT2D eigenvalue weighted by molar-refractivity contribution is 0.0939. The zero-order valence-electron chi connectivity index (χ0n) is 9.18. The van der Waals surface area contributed by atoms with Crippen LogP contribution in [0, 0.1) is 0 Å². The highest BCUT2D eigenvalue weighted by Gasteiger charge is 2.11. The maximum Gasteiger partial charge on any atom is 0.253 e. The third kappa shape index (κ3) is 3.05. The zero-order valence-corrected chi connectivity index (χ0v) is 10.8. The van der Waals surface area contributed by atoms with Crippen LogP contribution in [0.15, 0.2) is 35.2 Å². The summed E-state index contributed by atoms with van der Waals surface area (Å²) >= 11 is 7.27. The lowest BCUT2D eigenvalue weighted by atomic mass is 10.1. The number of nitrogens with one attached hydrogen (secondary N) is 1. The molecule has 1 atom stereocenters. The first-order valence-corrected chi connectivity index (χ1v) is 6.43. The molecular weight excluding hydrogens is 256 g/mol. The molecule has 0 aliphatic heterocycles. The van der Waals surface area contributed by atoms with Crippen LogP contribution in [0.3, 0.4) is 0 Å². The summed E-state index contributed by atoms with van der Waals surface area (Å²) in [6.07, 6.45) is 1.47. The van der Waals surface area contributed by atoms with Crippen molar-refractivity contribution in [1.82, 2.24) is 10.3 Å². The van der Waals surface area contributed by atoms with Gasteiger partial charge in [0, 0.05) is 6.20 Å². The van der Waals surface area contributed by atoms with Crippen molar-refractivity contribution in [1.29, 1.82) is 0 Å². The molecule has 1 N–H and O–H groups in total. The van der Waals surface area contributed by atoms with Crippen molar-refractivity contribution in [3.8, 4) is 0 Å². The molecule has 0 saturated heterocycles. The van der Waals surface area contributed by atoms with Gasteiger partial charge in [-0.3, -0.25) is 4.79 Å². The average Bonchev–Trinajstić information content (AvgIpc) is 2.83. The highest BCUT2D eigenvalue weighted by atomic mass is 35.5. The Balaban J connectivity index is 2.04. The third-order valence-electron chi connectivity index (χ3n) is 2.38. The maximum absolute atomic E-state index is 11.9. The second-order valence-electron chi connectivity index (χ2n) is 3.62. The lowest BCUT2D eigenvalue weighted by Gasteiger charge is -2.12. The molecule has 0 radical (unpaired) electrons. The minimum absolute atomic E-state index is 0.00979. The fourth-order valence-corrected chi connectivity index (χ4v) is 2.26. The predicted molar refractivity (Wildman–Crippen MR) is 69.4 cm³/mol. The molecule has 1 amide bonds. The number of aromatic nitrogens is 1. The number of hydrogen-bond acceptors (Lipinski definition) is 3. The highest BCUT2D eigenvalue weighted by molar-refractivity contribution is 7.07. The van der Waals surface area contributed by atoms with E-state index in [2.05, 4.69) is 10.3 Å². The molecule has 0 aliphatic rings. The summed E-state index contributed by atoms with van der Waals surface area (Å²) in [5.41, 5.74) is 1.61. The Morgan fingerprint density at radius 2 is 2.29 bits per heavy atom. The van der Waals surface area contributed by atoms with E-state index >= 15 is 0 Å². The molecule has 17 heavy (non-hydrogen) atoms. The number of carbonyl (C=O) groups excluding carboxylic acids is 1. The number of rotatable bonds is 3. The second kappa shape index (κ2) is 5.29. The normalized spacial score (nSPS) is 12.1. The van der Waals surface area contributed by atoms with Gasteiger partial charge in [-0.1, -0.05) is 11.6 Å². The largest absolute Gasteiger partial charge is 0.345 e. The molecule has 2 aromatic heterocycles. The molecular formula is C12H11ClN2OS. The van der Waals surface area contributed by atoms with Gasteiger partial charge >= 0.3 is 0 Å². The molecule has 88 valence electrons. The van der Waals surface area contributed by atoms with Crippen LogP contribution >= 0.6 is 22.9 Å². The summed E-state index contributed by atoms with van der Waals surface area (Å²) in [7, 11) is 0. The molecule has 0 fully saturated rings. The molecule has 2 heterocycles. The number of carbonyl (C=O) groups is 1. The van der Waals surface area contributed by atoms with Crippen molar-refractivity contribution >= 4 is 28.8 Å². The van der Waals surface area contributed by atoms with Crippen LogP contribution in [0.1, 0.15) is 28.9 Å². The van der Waals surface area contributed by atoms with Gasteiger partial charge in [-0.15, -0.1) is 0 Å². The molecule has 2 rings (SSSR count). The van der Waals surface area contributed by atoms with Crippen molar-refractivity contribution in [2.24, 2.45) is 0 Å². The van der Waals surface area contributed by atoms with Crippen LogP contribution in [-0.4, -0.2) is 10.9 Å². The number of nitrogens with zero attached hydrogens (tertiary/aromatic N) is 1. The van der Waals surface area contributed by atoms with Crippen molar-refractivity contribution in [3.05, 3.63) is 51.4 Å². The van der Waals surface area contributed by atoms with Gasteiger partial charge in [-0.2, -0.15) is 11.3 Å². The van der Waals surface area contributed by atoms with E-state index in [-0.39, 0.29) is 11.9 Å². The van der Waals surface area contributed by atoms with Gasteiger partial charge in [-0.05, 0) is 41.4 Å². The van der Waals surface area contributed by atoms with E-state index in [0.717, 1.165) is 5.56 Å². The summed E-state index contributed by atoms with van der Waals surface area (Å²) in [5, 5.41) is 7.29. The van der Waals surface area contributed by atoms with Crippen LogP contribution in [0.4, 0.5) is 0 Å². The predicted octanol–water partition coefficient (Wildman–Crippen LogP) is 3.29. The highest BCUT2D eigenvalue weighted by Crippen LogP contribution is 2.16. The summed E-state index contributed by atoms with van der Waals surface area (Å²) in [6.45, 7) is 1.95. The Hall–Kier alpha value is -1.39. The van der Waals surface area contributed by atoms with Gasteiger partial charge in [-0.25, -0.2) is 4.98 Å². The minimum Gasteiger partial charge on any atom is -0.345 e. The molecule has 0 spiro atoms. The van der Waals surface area contributed by atoms with Gasteiger partial charge in [0.15, 0.2) is 0 Å². The van der Waals surface area contributed by atoms with E-state index in [1.54, 1.807) is 23.5 Å². The SMILES string of the molecule is CC(NC(=O)c1ccc(Cl)nc1)c1ccsc1. The van der Waals surface area contributed by atoms with Gasteiger partial charge in [0.25, 0.3) is 5.91 Å². The molecule has 0 aliphatic carbocycles. The smallest absolute Gasteiger partial charge is 0.253 e. The van der Waals surface area contributed by atoms with E-state index in [0.29, 0.717) is 10.7 Å². The van der Waals surface area contributed by atoms with E-state index in [9.17, 15) is 4.79 Å². The van der Waals surface area contributed by atoms with Crippen molar-refractivity contribution in [2.75, 3.05) is 0 Å². The van der Waals surface area contributed by atoms with E-state index < -0.39 is 0 Å². The monoisotopic (exact) mass is 266 g/mol. The molecule has 1 unspecified atom stereocenters. The number of pyridine rings is 1. The second-order valence-corrected chi connectivity index (χ2v) is 4.79. The number of hydrogen-bond donors (Lipinski definition) is 1. The topological polar surface area (TPSA) is 42.0 Å². The summed E-state index contributed by atoms with van der Waals surface area (Å²) < 4.78 is 0. The molecule has 0 bridgehead atoms. The minimum atomic E-state index is -0.145. The van der Waals surface area contributed by atoms with Crippen LogP contribution in [0.5, 0.6) is 0 Å². The Bertz CT molecular complexity index is 496. The van der Waals surface area contributed by atoms with Gasteiger partial charge in [0.2, 0.25) is 0 Å². The van der Waals surface area contributed by atoms with Crippen molar-refractivity contribution < 1.29 is 4.79 Å². The fraction of sp³-hybridized carbons (Fsp3) is 0.167.